The number of aromatic nitrogens is 4. The summed E-state index contributed by atoms with van der Waals surface area (Å²) in [5.41, 5.74) is 2.26. The summed E-state index contributed by atoms with van der Waals surface area (Å²) in [7, 11) is 0. The van der Waals surface area contributed by atoms with Gasteiger partial charge in [-0.15, -0.1) is 0 Å². The number of nitrogens with one attached hydrogen (secondary N) is 2. The normalized spacial score (nSPS) is 21.4. The third kappa shape index (κ3) is 7.71. The fourth-order valence-electron chi connectivity index (χ4n) is 7.02. The third-order valence-electron chi connectivity index (χ3n) is 9.78. The minimum atomic E-state index is -0.559. The van der Waals surface area contributed by atoms with Crippen molar-refractivity contribution in [1.82, 2.24) is 29.7 Å². The van der Waals surface area contributed by atoms with Gasteiger partial charge in [0.1, 0.15) is 22.6 Å². The largest absolute Gasteiger partial charge is 0.444 e. The molecule has 0 bridgehead atoms. The number of carbonyl (C=O) groups excluding carboxylic acids is 2. The number of hydrogen-bond donors (Lipinski definition) is 2. The number of imidazole rings is 1. The van der Waals surface area contributed by atoms with Crippen LogP contribution in [0.3, 0.4) is 0 Å². The van der Waals surface area contributed by atoms with Crippen LogP contribution in [0, 0.1) is 5.92 Å². The van der Waals surface area contributed by atoms with Crippen LogP contribution in [-0.4, -0.2) is 78.8 Å². The summed E-state index contributed by atoms with van der Waals surface area (Å²) in [6.07, 6.45) is 8.65. The van der Waals surface area contributed by atoms with E-state index in [0.717, 1.165) is 64.7 Å². The number of ether oxygens (including phenoxy) is 2. The van der Waals surface area contributed by atoms with Gasteiger partial charge >= 0.3 is 12.2 Å². The molecule has 2 aromatic carbocycles. The number of anilines is 1. The number of likely N-dealkylation sites (tertiary alicyclic amines) is 2. The van der Waals surface area contributed by atoms with Crippen LogP contribution in [0.4, 0.5) is 15.5 Å². The van der Waals surface area contributed by atoms with Gasteiger partial charge in [0.2, 0.25) is 5.95 Å². The fourth-order valence-corrected chi connectivity index (χ4v) is 7.02. The van der Waals surface area contributed by atoms with Crippen molar-refractivity contribution < 1.29 is 19.1 Å². The van der Waals surface area contributed by atoms with E-state index in [1.165, 1.54) is 0 Å². The molecule has 4 aromatic rings. The average molecular weight is 682 g/mol. The molecule has 0 radical (unpaired) electrons. The molecule has 266 valence electrons. The zero-order chi connectivity index (χ0) is 35.8. The zero-order valence-corrected chi connectivity index (χ0v) is 30.7. The van der Waals surface area contributed by atoms with Crippen LogP contribution in [-0.2, 0) is 15.0 Å². The smallest absolute Gasteiger partial charge is 0.411 e. The minimum absolute atomic E-state index is 0.0592. The molecule has 6 rings (SSSR count). The first-order valence-corrected chi connectivity index (χ1v) is 17.8. The first-order valence-electron chi connectivity index (χ1n) is 17.8. The van der Waals surface area contributed by atoms with Crippen LogP contribution in [0.1, 0.15) is 86.9 Å². The topological polar surface area (TPSA) is 126 Å². The van der Waals surface area contributed by atoms with E-state index < -0.39 is 16.7 Å². The van der Waals surface area contributed by atoms with Crippen molar-refractivity contribution in [2.75, 3.05) is 25.0 Å². The molecule has 2 saturated heterocycles. The molecule has 2 N–H and O–H groups in total. The maximum atomic E-state index is 13.0. The quantitative estimate of drug-likeness (QED) is 0.208. The number of nitrogens with zero attached hydrogens (tertiary/aromatic N) is 5. The molecule has 0 aliphatic carbocycles. The molecule has 11 nitrogen and oxygen atoms in total. The van der Waals surface area contributed by atoms with E-state index in [2.05, 4.69) is 70.5 Å². The Bertz CT molecular complexity index is 1840. The zero-order valence-electron chi connectivity index (χ0n) is 30.7. The van der Waals surface area contributed by atoms with Gasteiger partial charge in [-0.3, -0.25) is 4.90 Å². The second kappa shape index (κ2) is 13.6. The van der Waals surface area contributed by atoms with Crippen LogP contribution in [0.15, 0.2) is 55.0 Å². The number of piperidine rings is 1. The van der Waals surface area contributed by atoms with Gasteiger partial charge in [-0.1, -0.05) is 24.3 Å². The minimum Gasteiger partial charge on any atom is -0.444 e. The van der Waals surface area contributed by atoms with Gasteiger partial charge in [-0.2, -0.15) is 0 Å². The van der Waals surface area contributed by atoms with Gasteiger partial charge in [0.05, 0.1) is 11.9 Å². The van der Waals surface area contributed by atoms with Gasteiger partial charge in [0.15, 0.2) is 0 Å². The highest BCUT2D eigenvalue weighted by atomic mass is 16.6. The molecule has 2 amide bonds. The van der Waals surface area contributed by atoms with Gasteiger partial charge in [0, 0.05) is 49.2 Å². The lowest BCUT2D eigenvalue weighted by molar-refractivity contribution is 0.00397. The molecule has 0 saturated carbocycles. The van der Waals surface area contributed by atoms with Crippen LogP contribution in [0.25, 0.3) is 33.2 Å². The van der Waals surface area contributed by atoms with Gasteiger partial charge < -0.3 is 24.7 Å². The Labute approximate surface area is 295 Å². The van der Waals surface area contributed by atoms with E-state index in [1.807, 2.05) is 65.0 Å². The summed E-state index contributed by atoms with van der Waals surface area (Å²) >= 11 is 0. The first-order chi connectivity index (χ1) is 23.6. The van der Waals surface area contributed by atoms with E-state index >= 15 is 0 Å². The SMILES string of the molecule is CC1C(CNc2ncc(-c3ccc4cc(-c5cnc(C6(C)CCCN6C(=O)OC(C)(C)C)[nH]5)ccc4c3)cn2)CCCN1C(=O)OC(C)(C)C. The highest BCUT2D eigenvalue weighted by Crippen LogP contribution is 2.39. The highest BCUT2D eigenvalue weighted by molar-refractivity contribution is 5.90. The molecule has 11 heteroatoms. The van der Waals surface area contributed by atoms with Crippen molar-refractivity contribution in [1.29, 1.82) is 0 Å². The lowest BCUT2D eigenvalue weighted by Gasteiger charge is -2.40. The molecular formula is C39H51N7O4. The van der Waals surface area contributed by atoms with Crippen molar-refractivity contribution >= 4 is 28.9 Å². The van der Waals surface area contributed by atoms with Crippen LogP contribution in [0.5, 0.6) is 0 Å². The fraction of sp³-hybridized carbons (Fsp3) is 0.513. The summed E-state index contributed by atoms with van der Waals surface area (Å²) < 4.78 is 11.3. The van der Waals surface area contributed by atoms with Crippen molar-refractivity contribution in [3.8, 4) is 22.4 Å². The number of aromatic amines is 1. The number of benzene rings is 2. The van der Waals surface area contributed by atoms with Crippen LogP contribution >= 0.6 is 0 Å². The molecule has 3 unspecified atom stereocenters. The second-order valence-electron chi connectivity index (χ2n) is 15.9. The average Bonchev–Trinajstić information content (AvgIpc) is 3.71. The Balaban J connectivity index is 1.10. The van der Waals surface area contributed by atoms with Gasteiger partial charge in [0.25, 0.3) is 0 Å². The molecule has 2 fully saturated rings. The van der Waals surface area contributed by atoms with Gasteiger partial charge in [-0.05, 0) is 115 Å². The maximum Gasteiger partial charge on any atom is 0.411 e. The van der Waals surface area contributed by atoms with Crippen LogP contribution < -0.4 is 5.32 Å². The van der Waals surface area contributed by atoms with Crippen molar-refractivity contribution in [3.05, 3.63) is 60.8 Å². The highest BCUT2D eigenvalue weighted by Gasteiger charge is 2.45. The van der Waals surface area contributed by atoms with Crippen molar-refractivity contribution in [3.63, 3.8) is 0 Å². The first kappa shape index (κ1) is 35.2. The number of H-pyrrole nitrogens is 1. The summed E-state index contributed by atoms with van der Waals surface area (Å²) in [6.45, 7) is 17.5. The number of hydrogen-bond acceptors (Lipinski definition) is 8. The monoisotopic (exact) mass is 681 g/mol. The lowest BCUT2D eigenvalue weighted by Crippen LogP contribution is -2.50. The molecule has 50 heavy (non-hydrogen) atoms. The van der Waals surface area contributed by atoms with Crippen LogP contribution in [0.2, 0.25) is 0 Å². The number of rotatable bonds is 6. The Morgan fingerprint density at radius 3 is 2.18 bits per heavy atom. The summed E-state index contributed by atoms with van der Waals surface area (Å²) in [5.74, 6) is 1.61. The number of amides is 2. The van der Waals surface area contributed by atoms with Crippen molar-refractivity contribution in [2.24, 2.45) is 5.92 Å². The summed E-state index contributed by atoms with van der Waals surface area (Å²) in [5, 5.41) is 5.59. The van der Waals surface area contributed by atoms with E-state index in [1.54, 1.807) is 4.90 Å². The number of fused-ring (bicyclic) bond motifs is 1. The van der Waals surface area contributed by atoms with E-state index in [0.29, 0.717) is 25.6 Å². The molecule has 0 spiro atoms. The summed E-state index contributed by atoms with van der Waals surface area (Å²) in [4.78, 5) is 46.9. The molecule has 3 atom stereocenters. The second-order valence-corrected chi connectivity index (χ2v) is 15.9. The third-order valence-corrected chi connectivity index (χ3v) is 9.78. The Morgan fingerprint density at radius 1 is 0.860 bits per heavy atom. The van der Waals surface area contributed by atoms with E-state index in [9.17, 15) is 9.59 Å². The van der Waals surface area contributed by atoms with E-state index in [-0.39, 0.29) is 24.1 Å². The molecular weight excluding hydrogens is 630 g/mol. The molecule has 2 aliphatic heterocycles. The van der Waals surface area contributed by atoms with Crippen molar-refractivity contribution in [2.45, 2.75) is 104 Å². The lowest BCUT2D eigenvalue weighted by atomic mass is 9.90. The molecule has 2 aliphatic rings. The standard InChI is InChI=1S/C39H51N7O4/c1-25-30(11-9-17-45(25)35(47)49-37(2,3)4)21-41-34-42-22-31(23-43-34)28-13-12-27-20-29(15-14-26(27)19-28)32-24-40-33(44-32)39(8)16-10-18-46(39)36(48)50-38(5,6)7/h12-15,19-20,22-25,30H,9-11,16-18,21H2,1-8H3,(H,40,44)(H,41,42,43). The molecule has 4 heterocycles. The maximum absolute atomic E-state index is 13.0. The predicted octanol–water partition coefficient (Wildman–Crippen LogP) is 8.38. The predicted molar refractivity (Wildman–Crippen MR) is 196 cm³/mol. The molecule has 2 aromatic heterocycles. The Hall–Kier alpha value is -4.67. The summed E-state index contributed by atoms with van der Waals surface area (Å²) in [6, 6.07) is 12.8. The van der Waals surface area contributed by atoms with E-state index in [4.69, 9.17) is 14.5 Å². The Kier molecular flexibility index (Phi) is 9.54. The van der Waals surface area contributed by atoms with Gasteiger partial charge in [-0.25, -0.2) is 24.5 Å². The number of carbonyl (C=O) groups is 2. The Morgan fingerprint density at radius 2 is 1.50 bits per heavy atom.